The number of carbonyl (C=O) groups is 4. The zero-order valence-corrected chi connectivity index (χ0v) is 19.8. The van der Waals surface area contributed by atoms with E-state index in [-0.39, 0.29) is 54.4 Å². The van der Waals surface area contributed by atoms with Crippen LogP contribution in [0.3, 0.4) is 0 Å². The minimum atomic E-state index is -0.595. The Bertz CT molecular complexity index is 1270. The molecular formula is C27H23ClN2O5. The maximum absolute atomic E-state index is 13.1. The minimum Gasteiger partial charge on any atom is -0.426 e. The normalized spacial score (nSPS) is 28.9. The lowest BCUT2D eigenvalue weighted by Gasteiger charge is -2.20. The van der Waals surface area contributed by atoms with Crippen LogP contribution in [0, 0.1) is 36.5 Å². The van der Waals surface area contributed by atoms with Crippen LogP contribution in [0.2, 0.25) is 5.02 Å². The van der Waals surface area contributed by atoms with Gasteiger partial charge >= 0.3 is 5.97 Å². The summed E-state index contributed by atoms with van der Waals surface area (Å²) in [6, 6.07) is 11.8. The van der Waals surface area contributed by atoms with E-state index in [0.717, 1.165) is 6.42 Å². The number of imide groups is 1. The number of allylic oxidation sites excluding steroid dienone is 2. The predicted octanol–water partition coefficient (Wildman–Crippen LogP) is 3.92. The van der Waals surface area contributed by atoms with Crippen molar-refractivity contribution in [3.63, 3.8) is 0 Å². The number of hydrogen-bond acceptors (Lipinski definition) is 5. The fourth-order valence-electron chi connectivity index (χ4n) is 6.02. The van der Waals surface area contributed by atoms with Crippen molar-refractivity contribution in [2.45, 2.75) is 19.8 Å². The molecule has 6 rings (SSSR count). The molecule has 2 aliphatic carbocycles. The van der Waals surface area contributed by atoms with Crippen molar-refractivity contribution in [2.24, 2.45) is 29.6 Å². The second-order valence-corrected chi connectivity index (χ2v) is 10.2. The molecule has 7 nitrogen and oxygen atoms in total. The molecule has 35 heavy (non-hydrogen) atoms. The van der Waals surface area contributed by atoms with Gasteiger partial charge in [-0.2, -0.15) is 0 Å². The summed E-state index contributed by atoms with van der Waals surface area (Å²) in [5.41, 5.74) is 1.88. The zero-order valence-electron chi connectivity index (χ0n) is 19.0. The molecule has 8 heteroatoms. The van der Waals surface area contributed by atoms with Crippen LogP contribution >= 0.6 is 11.6 Å². The van der Waals surface area contributed by atoms with Gasteiger partial charge in [-0.3, -0.25) is 19.2 Å². The highest BCUT2D eigenvalue weighted by molar-refractivity contribution is 6.30. The molecule has 2 aromatic carbocycles. The summed E-state index contributed by atoms with van der Waals surface area (Å²) in [7, 11) is 0. The van der Waals surface area contributed by atoms with Crippen molar-refractivity contribution < 1.29 is 23.9 Å². The molecule has 0 radical (unpaired) electrons. The molecular weight excluding hydrogens is 468 g/mol. The summed E-state index contributed by atoms with van der Waals surface area (Å²) >= 11 is 5.92. The van der Waals surface area contributed by atoms with Gasteiger partial charge in [0.25, 0.3) is 0 Å². The van der Waals surface area contributed by atoms with E-state index in [4.69, 9.17) is 16.3 Å². The summed E-state index contributed by atoms with van der Waals surface area (Å²) in [5, 5.41) is 0.569. The van der Waals surface area contributed by atoms with Crippen LogP contribution in [-0.4, -0.2) is 30.2 Å². The SMILES string of the molecule is Cc1cc(OC(=O)[C@@H]2CC(=O)N(c3ccc(Cl)cc3)C2)ccc1N1C(=O)[C@@H]2[C@@H](C1=O)[C@H]1C=C[C@H]2C1. The lowest BCUT2D eigenvalue weighted by atomic mass is 9.85. The van der Waals surface area contributed by atoms with E-state index in [2.05, 4.69) is 12.2 Å². The number of halogens is 1. The maximum Gasteiger partial charge on any atom is 0.316 e. The highest BCUT2D eigenvalue weighted by Crippen LogP contribution is 2.53. The van der Waals surface area contributed by atoms with Crippen LogP contribution in [0.5, 0.6) is 5.75 Å². The van der Waals surface area contributed by atoms with Crippen molar-refractivity contribution in [2.75, 3.05) is 16.3 Å². The van der Waals surface area contributed by atoms with Gasteiger partial charge in [0.2, 0.25) is 17.7 Å². The second kappa shape index (κ2) is 8.05. The van der Waals surface area contributed by atoms with Gasteiger partial charge in [0.05, 0.1) is 23.4 Å². The fourth-order valence-corrected chi connectivity index (χ4v) is 6.14. The Kier molecular flexibility index (Phi) is 5.07. The number of carbonyl (C=O) groups excluding carboxylic acids is 4. The number of nitrogens with zero attached hydrogens (tertiary/aromatic N) is 2. The number of aryl methyl sites for hydroxylation is 1. The summed E-state index contributed by atoms with van der Waals surface area (Å²) in [6.45, 7) is 2.02. The molecule has 0 unspecified atom stereocenters. The highest BCUT2D eigenvalue weighted by Gasteiger charge is 2.59. The van der Waals surface area contributed by atoms with Gasteiger partial charge in [-0.15, -0.1) is 0 Å². The smallest absolute Gasteiger partial charge is 0.316 e. The van der Waals surface area contributed by atoms with E-state index in [1.807, 2.05) is 0 Å². The Morgan fingerprint density at radius 2 is 1.63 bits per heavy atom. The topological polar surface area (TPSA) is 84.0 Å². The Balaban J connectivity index is 1.15. The molecule has 4 aliphatic rings. The first-order chi connectivity index (χ1) is 16.8. The van der Waals surface area contributed by atoms with Gasteiger partial charge in [0.15, 0.2) is 0 Å². The molecule has 2 heterocycles. The third-order valence-corrected chi connectivity index (χ3v) is 7.95. The van der Waals surface area contributed by atoms with Crippen molar-refractivity contribution >= 4 is 46.7 Å². The number of benzene rings is 2. The first-order valence-corrected chi connectivity index (χ1v) is 12.1. The summed E-state index contributed by atoms with van der Waals surface area (Å²) in [4.78, 5) is 54.4. The number of hydrogen-bond donors (Lipinski definition) is 0. The number of amides is 3. The molecule has 0 aromatic heterocycles. The van der Waals surface area contributed by atoms with E-state index in [1.54, 1.807) is 54.3 Å². The van der Waals surface area contributed by atoms with E-state index in [0.29, 0.717) is 27.7 Å². The minimum absolute atomic E-state index is 0.0639. The molecule has 2 aliphatic heterocycles. The molecule has 3 amide bonds. The van der Waals surface area contributed by atoms with E-state index >= 15 is 0 Å². The van der Waals surface area contributed by atoms with Crippen LogP contribution < -0.4 is 14.5 Å². The largest absolute Gasteiger partial charge is 0.426 e. The number of ether oxygens (including phenoxy) is 1. The van der Waals surface area contributed by atoms with Gasteiger partial charge in [0, 0.05) is 23.7 Å². The zero-order chi connectivity index (χ0) is 24.4. The fraction of sp³-hybridized carbons (Fsp3) is 0.333. The number of rotatable bonds is 4. The van der Waals surface area contributed by atoms with Crippen molar-refractivity contribution in [1.29, 1.82) is 0 Å². The van der Waals surface area contributed by atoms with E-state index in [1.165, 1.54) is 4.90 Å². The summed E-state index contributed by atoms with van der Waals surface area (Å²) in [5.74, 6) is -1.45. The van der Waals surface area contributed by atoms with Crippen molar-refractivity contribution in [3.05, 3.63) is 65.2 Å². The quantitative estimate of drug-likeness (QED) is 0.281. The first-order valence-electron chi connectivity index (χ1n) is 11.8. The number of anilines is 2. The molecule has 5 atom stereocenters. The molecule has 3 fully saturated rings. The van der Waals surface area contributed by atoms with Gasteiger partial charge in [-0.25, -0.2) is 4.90 Å². The average molecular weight is 491 g/mol. The van der Waals surface area contributed by atoms with Crippen molar-refractivity contribution in [1.82, 2.24) is 0 Å². The summed E-state index contributed by atoms with van der Waals surface area (Å²) < 4.78 is 5.58. The molecule has 2 bridgehead atoms. The molecule has 2 saturated heterocycles. The Morgan fingerprint density at radius 1 is 0.971 bits per heavy atom. The van der Waals surface area contributed by atoms with Gasteiger partial charge in [-0.05, 0) is 73.2 Å². The van der Waals surface area contributed by atoms with Crippen LogP contribution in [-0.2, 0) is 19.2 Å². The van der Waals surface area contributed by atoms with E-state index < -0.39 is 11.9 Å². The van der Waals surface area contributed by atoms with Crippen LogP contribution in [0.15, 0.2) is 54.6 Å². The molecule has 2 aromatic rings. The summed E-state index contributed by atoms with van der Waals surface area (Å²) in [6.07, 6.45) is 5.08. The standard InChI is InChI=1S/C27H23ClN2O5/c1-14-10-20(35-27(34)17-12-22(31)29(13-17)19-6-4-18(28)5-7-19)8-9-21(14)30-25(32)23-15-2-3-16(11-15)24(23)26(30)33/h2-10,15-17,23-24H,11-13H2,1H3/t15-,16-,17+,23-,24-/m0/s1. The van der Waals surface area contributed by atoms with Crippen LogP contribution in [0.25, 0.3) is 0 Å². The molecule has 1 saturated carbocycles. The molecule has 0 N–H and O–H groups in total. The third kappa shape index (κ3) is 3.48. The molecule has 0 spiro atoms. The highest BCUT2D eigenvalue weighted by atomic mass is 35.5. The molecule has 178 valence electrons. The van der Waals surface area contributed by atoms with Gasteiger partial charge in [0.1, 0.15) is 5.75 Å². The lowest BCUT2D eigenvalue weighted by molar-refractivity contribution is -0.139. The van der Waals surface area contributed by atoms with Crippen molar-refractivity contribution in [3.8, 4) is 5.75 Å². The van der Waals surface area contributed by atoms with E-state index in [9.17, 15) is 19.2 Å². The number of esters is 1. The van der Waals surface area contributed by atoms with Gasteiger partial charge < -0.3 is 9.64 Å². The van der Waals surface area contributed by atoms with Crippen LogP contribution in [0.1, 0.15) is 18.4 Å². The first kappa shape index (κ1) is 22.0. The second-order valence-electron chi connectivity index (χ2n) is 9.76. The Labute approximate surface area is 207 Å². The number of fused-ring (bicyclic) bond motifs is 5. The van der Waals surface area contributed by atoms with Gasteiger partial charge in [-0.1, -0.05) is 23.8 Å². The maximum atomic E-state index is 13.1. The average Bonchev–Trinajstić information content (AvgIpc) is 3.59. The lowest BCUT2D eigenvalue weighted by Crippen LogP contribution is -2.33. The predicted molar refractivity (Wildman–Crippen MR) is 129 cm³/mol. The Morgan fingerprint density at radius 3 is 2.26 bits per heavy atom. The third-order valence-electron chi connectivity index (χ3n) is 7.69. The monoisotopic (exact) mass is 490 g/mol. The van der Waals surface area contributed by atoms with Crippen LogP contribution in [0.4, 0.5) is 11.4 Å². The Hall–Kier alpha value is -3.45.